The van der Waals surface area contributed by atoms with Crippen LogP contribution in [0.5, 0.6) is 0 Å². The van der Waals surface area contributed by atoms with Gasteiger partial charge in [0.25, 0.3) is 0 Å². The summed E-state index contributed by atoms with van der Waals surface area (Å²) in [5.41, 5.74) is 11.7. The molecule has 2 aromatic heterocycles. The van der Waals surface area contributed by atoms with Gasteiger partial charge in [0.05, 0.1) is 5.69 Å². The van der Waals surface area contributed by atoms with Crippen molar-refractivity contribution < 1.29 is 0 Å². The fourth-order valence-corrected chi connectivity index (χ4v) is 1.01. The third-order valence-electron chi connectivity index (χ3n) is 1.65. The number of aryl methyl sites for hydroxylation is 1. The first-order valence-corrected chi connectivity index (χ1v) is 3.95. The van der Waals surface area contributed by atoms with Gasteiger partial charge in [-0.15, -0.1) is 10.2 Å². The Balaban J connectivity index is 2.49. The van der Waals surface area contributed by atoms with Crippen molar-refractivity contribution in [2.75, 3.05) is 11.5 Å². The van der Waals surface area contributed by atoms with E-state index in [4.69, 9.17) is 11.5 Å². The summed E-state index contributed by atoms with van der Waals surface area (Å²) in [6.07, 6.45) is 0. The third kappa shape index (κ3) is 1.35. The van der Waals surface area contributed by atoms with Crippen LogP contribution in [0.1, 0.15) is 5.69 Å². The summed E-state index contributed by atoms with van der Waals surface area (Å²) in [5, 5.41) is 11.6. The summed E-state index contributed by atoms with van der Waals surface area (Å²) < 4.78 is 1.34. The average Bonchev–Trinajstić information content (AvgIpc) is 2.47. The van der Waals surface area contributed by atoms with E-state index in [1.54, 1.807) is 12.1 Å². The Morgan fingerprint density at radius 1 is 1.21 bits per heavy atom. The van der Waals surface area contributed by atoms with Gasteiger partial charge in [-0.05, 0) is 19.1 Å². The zero-order chi connectivity index (χ0) is 10.1. The molecule has 72 valence electrons. The van der Waals surface area contributed by atoms with Crippen LogP contribution in [0.15, 0.2) is 12.1 Å². The Morgan fingerprint density at radius 2 is 2.00 bits per heavy atom. The lowest BCUT2D eigenvalue weighted by Gasteiger charge is -1.99. The topological polar surface area (TPSA) is 109 Å². The van der Waals surface area contributed by atoms with Gasteiger partial charge in [0.15, 0.2) is 5.82 Å². The van der Waals surface area contributed by atoms with Crippen molar-refractivity contribution in [1.29, 1.82) is 0 Å². The molecule has 0 radical (unpaired) electrons. The molecule has 0 aromatic carbocycles. The van der Waals surface area contributed by atoms with E-state index in [0.717, 1.165) is 5.69 Å². The molecule has 0 saturated carbocycles. The van der Waals surface area contributed by atoms with E-state index in [0.29, 0.717) is 5.82 Å². The van der Waals surface area contributed by atoms with Gasteiger partial charge in [-0.25, -0.2) is 0 Å². The highest BCUT2D eigenvalue weighted by molar-refractivity contribution is 5.35. The number of anilines is 2. The van der Waals surface area contributed by atoms with Crippen LogP contribution < -0.4 is 11.5 Å². The molecule has 7 heteroatoms. The van der Waals surface area contributed by atoms with Crippen molar-refractivity contribution in [2.24, 2.45) is 0 Å². The molecule has 0 atom stereocenters. The van der Waals surface area contributed by atoms with E-state index >= 15 is 0 Å². The number of nitrogens with zero attached hydrogens (tertiary/aromatic N) is 5. The predicted molar refractivity (Wildman–Crippen MR) is 50.5 cm³/mol. The molecule has 0 amide bonds. The SMILES string of the molecule is Cc1ccc(-n2nc(N)nc2N)nn1. The van der Waals surface area contributed by atoms with Crippen LogP contribution in [0.25, 0.3) is 5.82 Å². The Hall–Kier alpha value is -2.18. The second kappa shape index (κ2) is 2.95. The second-order valence-corrected chi connectivity index (χ2v) is 2.77. The van der Waals surface area contributed by atoms with Crippen LogP contribution >= 0.6 is 0 Å². The molecule has 7 nitrogen and oxygen atoms in total. The van der Waals surface area contributed by atoms with Gasteiger partial charge in [-0.2, -0.15) is 14.8 Å². The fraction of sp³-hybridized carbons (Fsp3) is 0.143. The summed E-state index contributed by atoms with van der Waals surface area (Å²) >= 11 is 0. The van der Waals surface area contributed by atoms with Gasteiger partial charge in [-0.1, -0.05) is 0 Å². The normalized spacial score (nSPS) is 10.4. The van der Waals surface area contributed by atoms with Crippen molar-refractivity contribution >= 4 is 11.9 Å². The maximum Gasteiger partial charge on any atom is 0.241 e. The van der Waals surface area contributed by atoms with E-state index in [-0.39, 0.29) is 11.9 Å². The minimum atomic E-state index is 0.116. The number of nitrogen functional groups attached to an aromatic ring is 2. The monoisotopic (exact) mass is 191 g/mol. The molecule has 2 heterocycles. The molecule has 0 aliphatic rings. The molecule has 4 N–H and O–H groups in total. The minimum absolute atomic E-state index is 0.116. The molecule has 0 unspecified atom stereocenters. The Kier molecular flexibility index (Phi) is 1.77. The fourth-order valence-electron chi connectivity index (χ4n) is 1.01. The molecule has 0 saturated heterocycles. The van der Waals surface area contributed by atoms with Crippen molar-refractivity contribution in [3.8, 4) is 5.82 Å². The lowest BCUT2D eigenvalue weighted by Crippen LogP contribution is -2.05. The largest absolute Gasteiger partial charge is 0.368 e. The molecule has 0 aliphatic heterocycles. The van der Waals surface area contributed by atoms with Crippen molar-refractivity contribution in [2.45, 2.75) is 6.92 Å². The Bertz CT molecular complexity index is 444. The quantitative estimate of drug-likeness (QED) is 0.630. The number of hydrogen-bond donors (Lipinski definition) is 2. The van der Waals surface area contributed by atoms with Crippen LogP contribution in [-0.4, -0.2) is 25.0 Å². The highest BCUT2D eigenvalue weighted by Crippen LogP contribution is 2.08. The maximum atomic E-state index is 5.55. The first-order valence-electron chi connectivity index (χ1n) is 3.95. The second-order valence-electron chi connectivity index (χ2n) is 2.77. The lowest BCUT2D eigenvalue weighted by atomic mass is 10.4. The van der Waals surface area contributed by atoms with Crippen LogP contribution in [0, 0.1) is 6.92 Å². The molecule has 2 rings (SSSR count). The highest BCUT2D eigenvalue weighted by Gasteiger charge is 2.07. The molecular weight excluding hydrogens is 182 g/mol. The summed E-state index contributed by atoms with van der Waals surface area (Å²) in [6.45, 7) is 1.84. The lowest BCUT2D eigenvalue weighted by molar-refractivity contribution is 0.816. The first kappa shape index (κ1) is 8.42. The number of hydrogen-bond acceptors (Lipinski definition) is 6. The van der Waals surface area contributed by atoms with E-state index in [1.807, 2.05) is 6.92 Å². The molecular formula is C7H9N7. The van der Waals surface area contributed by atoms with Gasteiger partial charge in [0.2, 0.25) is 11.9 Å². The molecule has 14 heavy (non-hydrogen) atoms. The summed E-state index contributed by atoms with van der Waals surface area (Å²) in [6, 6.07) is 3.55. The van der Waals surface area contributed by atoms with Gasteiger partial charge in [0, 0.05) is 0 Å². The van der Waals surface area contributed by atoms with Crippen molar-refractivity contribution in [3.63, 3.8) is 0 Å². The van der Waals surface area contributed by atoms with Gasteiger partial charge < -0.3 is 11.5 Å². The van der Waals surface area contributed by atoms with Crippen LogP contribution in [0.3, 0.4) is 0 Å². The first-order chi connectivity index (χ1) is 6.66. The predicted octanol–water partition coefficient (Wildman–Crippen LogP) is -0.470. The Morgan fingerprint density at radius 3 is 2.50 bits per heavy atom. The van der Waals surface area contributed by atoms with Crippen molar-refractivity contribution in [1.82, 2.24) is 25.0 Å². The summed E-state index contributed by atoms with van der Waals surface area (Å²) in [7, 11) is 0. The molecule has 2 aromatic rings. The number of rotatable bonds is 1. The zero-order valence-corrected chi connectivity index (χ0v) is 7.55. The molecule has 0 bridgehead atoms. The van der Waals surface area contributed by atoms with Gasteiger partial charge in [-0.3, -0.25) is 0 Å². The third-order valence-corrected chi connectivity index (χ3v) is 1.65. The molecule has 0 fully saturated rings. The highest BCUT2D eigenvalue weighted by atomic mass is 15.4. The van der Waals surface area contributed by atoms with Gasteiger partial charge in [0.1, 0.15) is 0 Å². The van der Waals surface area contributed by atoms with Gasteiger partial charge >= 0.3 is 0 Å². The standard InChI is InChI=1S/C7H9N7/c1-4-2-3-5(12-11-4)14-7(9)10-6(8)13-14/h2-3H,1H3,(H4,8,9,10,13). The van der Waals surface area contributed by atoms with E-state index in [1.165, 1.54) is 4.68 Å². The van der Waals surface area contributed by atoms with E-state index in [9.17, 15) is 0 Å². The smallest absolute Gasteiger partial charge is 0.241 e. The van der Waals surface area contributed by atoms with Crippen LogP contribution in [-0.2, 0) is 0 Å². The number of nitrogens with two attached hydrogens (primary N) is 2. The zero-order valence-electron chi connectivity index (χ0n) is 7.55. The van der Waals surface area contributed by atoms with E-state index in [2.05, 4.69) is 20.3 Å². The maximum absolute atomic E-state index is 5.55. The van der Waals surface area contributed by atoms with E-state index < -0.39 is 0 Å². The molecule has 0 aliphatic carbocycles. The van der Waals surface area contributed by atoms with Crippen LogP contribution in [0.4, 0.5) is 11.9 Å². The number of aromatic nitrogens is 5. The minimum Gasteiger partial charge on any atom is -0.368 e. The average molecular weight is 191 g/mol. The summed E-state index contributed by atoms with van der Waals surface area (Å²) in [5.74, 6) is 0.808. The molecule has 0 spiro atoms. The summed E-state index contributed by atoms with van der Waals surface area (Å²) in [4.78, 5) is 3.75. The van der Waals surface area contributed by atoms with Crippen molar-refractivity contribution in [3.05, 3.63) is 17.8 Å². The Labute approximate surface area is 79.8 Å². The van der Waals surface area contributed by atoms with Crippen LogP contribution in [0.2, 0.25) is 0 Å².